The zero-order valence-electron chi connectivity index (χ0n) is 16.6. The van der Waals surface area contributed by atoms with Crippen molar-refractivity contribution in [2.75, 3.05) is 6.61 Å². The van der Waals surface area contributed by atoms with Crippen LogP contribution in [-0.4, -0.2) is 6.61 Å². The van der Waals surface area contributed by atoms with Crippen LogP contribution in [0.1, 0.15) is 56.6 Å². The van der Waals surface area contributed by atoms with Crippen molar-refractivity contribution >= 4 is 7.82 Å². The number of hydrogen-bond donors (Lipinski definition) is 0. The molecule has 0 fully saturated rings. The summed E-state index contributed by atoms with van der Waals surface area (Å²) in [7, 11) is -3.78. The lowest BCUT2D eigenvalue weighted by atomic mass is 10.1. The molecule has 0 aliphatic carbocycles. The minimum atomic E-state index is -3.78. The van der Waals surface area contributed by atoms with Gasteiger partial charge in [0.15, 0.2) is 0 Å². The van der Waals surface area contributed by atoms with Gasteiger partial charge in [0.25, 0.3) is 0 Å². The van der Waals surface area contributed by atoms with Gasteiger partial charge in [-0.25, -0.2) is 4.57 Å². The SMILES string of the molecule is CCCCCCCCOP(=O)(Oc1ccccc1C)Oc1ccccc1C. The third-order valence-electron chi connectivity index (χ3n) is 4.35. The van der Waals surface area contributed by atoms with Crippen LogP contribution in [0, 0.1) is 13.8 Å². The normalized spacial score (nSPS) is 11.4. The summed E-state index contributed by atoms with van der Waals surface area (Å²) >= 11 is 0. The number of phosphoric ester groups is 1. The molecule has 4 nitrogen and oxygen atoms in total. The maximum absolute atomic E-state index is 13.3. The maximum Gasteiger partial charge on any atom is 0.587 e. The lowest BCUT2D eigenvalue weighted by Gasteiger charge is -2.20. The molecule has 0 heterocycles. The van der Waals surface area contributed by atoms with Gasteiger partial charge in [0.2, 0.25) is 0 Å². The zero-order chi connectivity index (χ0) is 19.5. The first kappa shape index (κ1) is 21.5. The molecule has 0 aliphatic rings. The van der Waals surface area contributed by atoms with Crippen LogP contribution in [0.4, 0.5) is 0 Å². The second kappa shape index (κ2) is 11.2. The number of rotatable bonds is 12. The molecule has 2 rings (SSSR count). The van der Waals surface area contributed by atoms with Gasteiger partial charge in [-0.05, 0) is 43.5 Å². The summed E-state index contributed by atoms with van der Waals surface area (Å²) in [6, 6.07) is 14.9. The first-order valence-corrected chi connectivity index (χ1v) is 11.2. The molecule has 0 atom stereocenters. The third kappa shape index (κ3) is 7.40. The monoisotopic (exact) mass is 390 g/mol. The first-order valence-electron chi connectivity index (χ1n) is 9.79. The van der Waals surface area contributed by atoms with Crippen molar-refractivity contribution in [2.24, 2.45) is 0 Å². The Kier molecular flexibility index (Phi) is 8.90. The van der Waals surface area contributed by atoms with Crippen LogP contribution in [0.2, 0.25) is 0 Å². The van der Waals surface area contributed by atoms with Gasteiger partial charge in [0.05, 0.1) is 6.61 Å². The fraction of sp³-hybridized carbons (Fsp3) is 0.455. The Morgan fingerprint density at radius 1 is 0.741 bits per heavy atom. The number of unbranched alkanes of at least 4 members (excludes halogenated alkanes) is 5. The molecule has 0 radical (unpaired) electrons. The van der Waals surface area contributed by atoms with E-state index in [1.807, 2.05) is 50.2 Å². The fourth-order valence-electron chi connectivity index (χ4n) is 2.69. The van der Waals surface area contributed by atoms with Crippen LogP contribution >= 0.6 is 7.82 Å². The predicted molar refractivity (Wildman–Crippen MR) is 111 cm³/mol. The molecule has 0 saturated carbocycles. The standard InChI is InChI=1S/C22H31O4P/c1-4-5-6-7-8-13-18-24-27(23,25-21-16-11-9-14-19(21)2)26-22-17-12-10-15-20(22)3/h9-12,14-17H,4-8,13,18H2,1-3H3. The number of hydrogen-bond acceptors (Lipinski definition) is 4. The van der Waals surface area contributed by atoms with E-state index in [1.54, 1.807) is 12.1 Å². The van der Waals surface area contributed by atoms with Gasteiger partial charge in [-0.2, -0.15) is 0 Å². The van der Waals surface area contributed by atoms with Crippen LogP contribution in [0.3, 0.4) is 0 Å². The number of phosphoric acid groups is 1. The zero-order valence-corrected chi connectivity index (χ0v) is 17.5. The van der Waals surface area contributed by atoms with Crippen molar-refractivity contribution in [3.05, 3.63) is 59.7 Å². The largest absolute Gasteiger partial charge is 0.587 e. The lowest BCUT2D eigenvalue weighted by Crippen LogP contribution is -2.07. The van der Waals surface area contributed by atoms with Gasteiger partial charge >= 0.3 is 7.82 Å². The van der Waals surface area contributed by atoms with E-state index in [0.29, 0.717) is 18.1 Å². The van der Waals surface area contributed by atoms with Gasteiger partial charge in [0.1, 0.15) is 11.5 Å². The van der Waals surface area contributed by atoms with Crippen molar-refractivity contribution < 1.29 is 18.1 Å². The Bertz CT molecular complexity index is 693. The van der Waals surface area contributed by atoms with Crippen molar-refractivity contribution in [3.63, 3.8) is 0 Å². The lowest BCUT2D eigenvalue weighted by molar-refractivity contribution is 0.204. The average molecular weight is 390 g/mol. The molecule has 2 aromatic carbocycles. The van der Waals surface area contributed by atoms with Crippen LogP contribution in [0.5, 0.6) is 11.5 Å². The van der Waals surface area contributed by atoms with E-state index in [2.05, 4.69) is 6.92 Å². The van der Waals surface area contributed by atoms with Gasteiger partial charge in [-0.15, -0.1) is 0 Å². The molecule has 0 spiro atoms. The minimum Gasteiger partial charge on any atom is -0.395 e. The summed E-state index contributed by atoms with van der Waals surface area (Å²) in [6.07, 6.45) is 6.76. The Morgan fingerprint density at radius 3 is 1.74 bits per heavy atom. The molecule has 0 aliphatic heterocycles. The highest BCUT2D eigenvalue weighted by molar-refractivity contribution is 7.49. The highest BCUT2D eigenvalue weighted by Crippen LogP contribution is 2.50. The maximum atomic E-state index is 13.3. The van der Waals surface area contributed by atoms with E-state index in [-0.39, 0.29) is 0 Å². The van der Waals surface area contributed by atoms with E-state index in [4.69, 9.17) is 13.6 Å². The topological polar surface area (TPSA) is 44.8 Å². The highest BCUT2D eigenvalue weighted by Gasteiger charge is 2.31. The van der Waals surface area contributed by atoms with E-state index in [9.17, 15) is 4.57 Å². The number of aryl methyl sites for hydroxylation is 2. The summed E-state index contributed by atoms with van der Waals surface area (Å²) in [5, 5.41) is 0. The molecular formula is C22H31O4P. The summed E-state index contributed by atoms with van der Waals surface area (Å²) in [5.41, 5.74) is 1.77. The second-order valence-corrected chi connectivity index (χ2v) is 8.28. The average Bonchev–Trinajstić information content (AvgIpc) is 2.65. The van der Waals surface area contributed by atoms with E-state index in [0.717, 1.165) is 24.0 Å². The smallest absolute Gasteiger partial charge is 0.395 e. The molecule has 0 N–H and O–H groups in total. The molecule has 27 heavy (non-hydrogen) atoms. The van der Waals surface area contributed by atoms with Crippen LogP contribution in [-0.2, 0) is 9.09 Å². The summed E-state index contributed by atoms with van der Waals surface area (Å²) < 4.78 is 30.5. The fourth-order valence-corrected chi connectivity index (χ4v) is 4.08. The molecule has 0 bridgehead atoms. The van der Waals surface area contributed by atoms with Crippen LogP contribution < -0.4 is 9.05 Å². The second-order valence-electron chi connectivity index (χ2n) is 6.76. The van der Waals surface area contributed by atoms with Gasteiger partial charge in [-0.1, -0.05) is 75.4 Å². The predicted octanol–water partition coefficient (Wildman–Crippen LogP) is 7.25. The number of para-hydroxylation sites is 2. The van der Waals surface area contributed by atoms with E-state index < -0.39 is 7.82 Å². The Hall–Kier alpha value is -1.77. The summed E-state index contributed by atoms with van der Waals surface area (Å²) in [6.45, 7) is 6.36. The Balaban J connectivity index is 2.03. The van der Waals surface area contributed by atoms with Crippen LogP contribution in [0.25, 0.3) is 0 Å². The molecule has 148 valence electrons. The van der Waals surface area contributed by atoms with Gasteiger partial charge in [-0.3, -0.25) is 4.52 Å². The van der Waals surface area contributed by atoms with Crippen LogP contribution in [0.15, 0.2) is 48.5 Å². The van der Waals surface area contributed by atoms with Crippen molar-refractivity contribution in [3.8, 4) is 11.5 Å². The molecule has 0 unspecified atom stereocenters. The minimum absolute atomic E-state index is 0.348. The summed E-state index contributed by atoms with van der Waals surface area (Å²) in [5.74, 6) is 1.02. The van der Waals surface area contributed by atoms with Gasteiger partial charge < -0.3 is 9.05 Å². The number of benzene rings is 2. The quantitative estimate of drug-likeness (QED) is 0.283. The third-order valence-corrected chi connectivity index (χ3v) is 5.69. The molecule has 0 aromatic heterocycles. The molecule has 2 aromatic rings. The molecule has 5 heteroatoms. The first-order chi connectivity index (χ1) is 13.0. The molecule has 0 saturated heterocycles. The van der Waals surface area contributed by atoms with Gasteiger partial charge in [0, 0.05) is 0 Å². The summed E-state index contributed by atoms with van der Waals surface area (Å²) in [4.78, 5) is 0. The van der Waals surface area contributed by atoms with Crippen molar-refractivity contribution in [1.82, 2.24) is 0 Å². The van der Waals surface area contributed by atoms with Crippen molar-refractivity contribution in [2.45, 2.75) is 59.3 Å². The Morgan fingerprint density at radius 2 is 1.22 bits per heavy atom. The molecular weight excluding hydrogens is 359 g/mol. The highest BCUT2D eigenvalue weighted by atomic mass is 31.2. The van der Waals surface area contributed by atoms with E-state index >= 15 is 0 Å². The van der Waals surface area contributed by atoms with E-state index in [1.165, 1.54) is 25.7 Å². The van der Waals surface area contributed by atoms with Crippen molar-refractivity contribution in [1.29, 1.82) is 0 Å². The Labute approximate surface area is 163 Å². The molecule has 0 amide bonds.